The van der Waals surface area contributed by atoms with Crippen LogP contribution in [-0.2, 0) is 19.7 Å². The Morgan fingerprint density at radius 1 is 1.60 bits per heavy atom. The molecule has 0 bridgehead atoms. The molecule has 0 aromatic rings. The molecule has 0 amide bonds. The van der Waals surface area contributed by atoms with Crippen LogP contribution >= 0.6 is 0 Å². The number of sulfonamides is 1. The first kappa shape index (κ1) is 9.38. The van der Waals surface area contributed by atoms with E-state index in [1.165, 1.54) is 0 Å². The number of carbonyl (C=O) groups is 1. The lowest BCUT2D eigenvalue weighted by atomic mass is 10.5. The summed E-state index contributed by atoms with van der Waals surface area (Å²) in [7, 11) is -3.42. The molecule has 60 valence electrons. The van der Waals surface area contributed by atoms with Crippen LogP contribution in [0.1, 0.15) is 13.3 Å². The number of carbonyl (C=O) groups excluding carboxylic acids is 1. The van der Waals surface area contributed by atoms with Crippen molar-refractivity contribution in [3.63, 3.8) is 0 Å². The third-order valence-corrected chi connectivity index (χ3v) is 0.982. The molecule has 10 heavy (non-hydrogen) atoms. The van der Waals surface area contributed by atoms with Gasteiger partial charge in [0.2, 0.25) is 10.0 Å². The zero-order valence-electron chi connectivity index (χ0n) is 5.75. The van der Waals surface area contributed by atoms with Crippen molar-refractivity contribution in [1.29, 1.82) is 0 Å². The minimum atomic E-state index is -3.42. The van der Waals surface area contributed by atoms with Crippen LogP contribution in [0.25, 0.3) is 0 Å². The first-order valence-electron chi connectivity index (χ1n) is 2.62. The molecule has 0 aliphatic rings. The molecule has 0 rings (SSSR count). The van der Waals surface area contributed by atoms with Crippen LogP contribution in [0.15, 0.2) is 0 Å². The predicted octanol–water partition coefficient (Wildman–Crippen LogP) is -0.596. The van der Waals surface area contributed by atoms with Crippen LogP contribution in [-0.4, -0.2) is 20.6 Å². The molecule has 6 heteroatoms. The van der Waals surface area contributed by atoms with Gasteiger partial charge in [-0.1, -0.05) is 6.92 Å². The molecule has 0 atom stereocenters. The standard InChI is InChI=1S/C4H9NO4S/c1-3-4(6)9-5-10(2,7)8/h5H,3H2,1-2H3. The third-order valence-electron chi connectivity index (χ3n) is 0.596. The molecule has 0 aliphatic carbocycles. The summed E-state index contributed by atoms with van der Waals surface area (Å²) < 4.78 is 20.5. The number of hydrogen-bond acceptors (Lipinski definition) is 4. The van der Waals surface area contributed by atoms with Gasteiger partial charge in [0.25, 0.3) is 0 Å². The average Bonchev–Trinajstić information content (AvgIpc) is 1.81. The summed E-state index contributed by atoms with van der Waals surface area (Å²) in [5.41, 5.74) is 0. The van der Waals surface area contributed by atoms with E-state index >= 15 is 0 Å². The predicted molar refractivity (Wildman–Crippen MR) is 34.4 cm³/mol. The zero-order valence-corrected chi connectivity index (χ0v) is 6.56. The fourth-order valence-electron chi connectivity index (χ4n) is 0.194. The molecule has 0 aromatic heterocycles. The minimum absolute atomic E-state index is 0.141. The van der Waals surface area contributed by atoms with E-state index in [4.69, 9.17) is 0 Å². The van der Waals surface area contributed by atoms with Gasteiger partial charge in [0.05, 0.1) is 6.26 Å². The number of hydrogen-bond donors (Lipinski definition) is 1. The Morgan fingerprint density at radius 2 is 2.10 bits per heavy atom. The van der Waals surface area contributed by atoms with Gasteiger partial charge in [0, 0.05) is 6.42 Å². The Kier molecular flexibility index (Phi) is 3.31. The Hall–Kier alpha value is -0.620. The topological polar surface area (TPSA) is 72.5 Å². The summed E-state index contributed by atoms with van der Waals surface area (Å²) in [6.45, 7) is 1.56. The van der Waals surface area contributed by atoms with E-state index in [1.807, 2.05) is 0 Å². The highest BCUT2D eigenvalue weighted by molar-refractivity contribution is 7.88. The van der Waals surface area contributed by atoms with E-state index in [0.29, 0.717) is 0 Å². The van der Waals surface area contributed by atoms with Crippen molar-refractivity contribution in [3.05, 3.63) is 0 Å². The van der Waals surface area contributed by atoms with Gasteiger partial charge in [-0.05, 0) is 4.89 Å². The van der Waals surface area contributed by atoms with Gasteiger partial charge >= 0.3 is 5.97 Å². The maximum atomic E-state index is 10.3. The molecule has 0 heterocycles. The molecule has 0 spiro atoms. The van der Waals surface area contributed by atoms with Gasteiger partial charge in [0.1, 0.15) is 0 Å². The molecule has 1 N–H and O–H groups in total. The fourth-order valence-corrected chi connectivity index (χ4v) is 0.439. The van der Waals surface area contributed by atoms with Crippen molar-refractivity contribution in [1.82, 2.24) is 4.89 Å². The van der Waals surface area contributed by atoms with Crippen molar-refractivity contribution in [2.75, 3.05) is 6.26 Å². The maximum Gasteiger partial charge on any atom is 0.325 e. The van der Waals surface area contributed by atoms with Gasteiger partial charge in [0.15, 0.2) is 0 Å². The van der Waals surface area contributed by atoms with Crippen LogP contribution < -0.4 is 4.89 Å². The monoisotopic (exact) mass is 167 g/mol. The lowest BCUT2D eigenvalue weighted by Crippen LogP contribution is -2.25. The van der Waals surface area contributed by atoms with Crippen molar-refractivity contribution in [3.8, 4) is 0 Å². The summed E-state index contributed by atoms with van der Waals surface area (Å²) in [5.74, 6) is -0.606. The molecule has 0 radical (unpaired) electrons. The third kappa shape index (κ3) is 5.52. The van der Waals surface area contributed by atoms with Crippen LogP contribution in [0, 0.1) is 0 Å². The smallest absolute Gasteiger partial charge is 0.325 e. The lowest BCUT2D eigenvalue weighted by Gasteiger charge is -1.99. The van der Waals surface area contributed by atoms with Crippen LogP contribution in [0.4, 0.5) is 0 Å². The highest BCUT2D eigenvalue weighted by atomic mass is 32.2. The van der Waals surface area contributed by atoms with Crippen molar-refractivity contribution >= 4 is 16.0 Å². The number of rotatable bonds is 3. The second kappa shape index (κ2) is 3.52. The molecular weight excluding hydrogens is 158 g/mol. The Bertz CT molecular complexity index is 207. The molecule has 0 saturated heterocycles. The molecule has 0 unspecified atom stereocenters. The highest BCUT2D eigenvalue weighted by Crippen LogP contribution is 1.81. The van der Waals surface area contributed by atoms with Gasteiger partial charge in [-0.25, -0.2) is 8.42 Å². The van der Waals surface area contributed by atoms with Crippen molar-refractivity contribution in [2.24, 2.45) is 0 Å². The molecular formula is C4H9NO4S. The summed E-state index contributed by atoms with van der Waals surface area (Å²) >= 11 is 0. The van der Waals surface area contributed by atoms with Gasteiger partial charge in [-0.15, -0.1) is 0 Å². The SMILES string of the molecule is CCC(=O)ONS(C)(=O)=O. The summed E-state index contributed by atoms with van der Waals surface area (Å²) in [5, 5.41) is 0. The van der Waals surface area contributed by atoms with E-state index in [1.54, 1.807) is 11.8 Å². The molecule has 0 aromatic carbocycles. The molecule has 0 fully saturated rings. The van der Waals surface area contributed by atoms with E-state index in [2.05, 4.69) is 4.84 Å². The molecule has 0 saturated carbocycles. The average molecular weight is 167 g/mol. The fraction of sp³-hybridized carbons (Fsp3) is 0.750. The van der Waals surface area contributed by atoms with Gasteiger partial charge in [-0.3, -0.25) is 4.79 Å². The Labute approximate surface area is 59.4 Å². The summed E-state index contributed by atoms with van der Waals surface area (Å²) in [4.78, 5) is 16.0. The largest absolute Gasteiger partial charge is 0.356 e. The lowest BCUT2D eigenvalue weighted by molar-refractivity contribution is -0.146. The quantitative estimate of drug-likeness (QED) is 0.570. The first-order valence-corrected chi connectivity index (χ1v) is 4.51. The van der Waals surface area contributed by atoms with Crippen molar-refractivity contribution in [2.45, 2.75) is 13.3 Å². The molecule has 0 aliphatic heterocycles. The van der Waals surface area contributed by atoms with Crippen LogP contribution in [0.3, 0.4) is 0 Å². The summed E-state index contributed by atoms with van der Waals surface area (Å²) in [6.07, 6.45) is 1.04. The molecule has 5 nitrogen and oxygen atoms in total. The Morgan fingerprint density at radius 3 is 2.40 bits per heavy atom. The number of nitrogens with one attached hydrogen (secondary N) is 1. The minimum Gasteiger partial charge on any atom is -0.356 e. The van der Waals surface area contributed by atoms with Gasteiger partial charge in [-0.2, -0.15) is 0 Å². The Balaban J connectivity index is 3.67. The summed E-state index contributed by atoms with van der Waals surface area (Å²) in [6, 6.07) is 0. The van der Waals surface area contributed by atoms with Crippen LogP contribution in [0.5, 0.6) is 0 Å². The van der Waals surface area contributed by atoms with E-state index in [-0.39, 0.29) is 6.42 Å². The highest BCUT2D eigenvalue weighted by Gasteiger charge is 2.03. The normalized spacial score (nSPS) is 11.0. The van der Waals surface area contributed by atoms with E-state index in [9.17, 15) is 13.2 Å². The first-order chi connectivity index (χ1) is 4.45. The second-order valence-corrected chi connectivity index (χ2v) is 3.39. The van der Waals surface area contributed by atoms with Gasteiger partial charge < -0.3 is 4.84 Å². The zero-order chi connectivity index (χ0) is 8.20. The van der Waals surface area contributed by atoms with Crippen LogP contribution in [0.2, 0.25) is 0 Å². The maximum absolute atomic E-state index is 10.3. The van der Waals surface area contributed by atoms with E-state index in [0.717, 1.165) is 6.26 Å². The van der Waals surface area contributed by atoms with Crippen molar-refractivity contribution < 1.29 is 18.0 Å². The van der Waals surface area contributed by atoms with E-state index < -0.39 is 16.0 Å². The second-order valence-electron chi connectivity index (χ2n) is 1.68.